The van der Waals surface area contributed by atoms with Crippen LogP contribution in [0.1, 0.15) is 23.6 Å². The maximum Gasteiger partial charge on any atom is 0.121 e. The Morgan fingerprint density at radius 3 is 2.24 bits per heavy atom. The number of phenols is 1. The Morgan fingerprint density at radius 1 is 1.24 bits per heavy atom. The van der Waals surface area contributed by atoms with Gasteiger partial charge in [0.05, 0.1) is 0 Å². The number of hydrogen-bond acceptors (Lipinski definition) is 3. The molecule has 1 aromatic rings. The van der Waals surface area contributed by atoms with Crippen molar-refractivity contribution in [1.29, 1.82) is 0 Å². The summed E-state index contributed by atoms with van der Waals surface area (Å²) in [4.78, 5) is 2.17. The lowest BCUT2D eigenvalue weighted by atomic mass is 10.1. The molecule has 0 aromatic heterocycles. The number of phenolic OH excluding ortho intramolecular Hbond substituents is 1. The zero-order valence-corrected chi connectivity index (χ0v) is 11.5. The van der Waals surface area contributed by atoms with Gasteiger partial charge in [-0.1, -0.05) is 12.1 Å². The highest BCUT2D eigenvalue weighted by atomic mass is 16.3. The van der Waals surface area contributed by atoms with Crippen molar-refractivity contribution < 1.29 is 5.11 Å². The van der Waals surface area contributed by atoms with E-state index in [0.717, 1.165) is 24.2 Å². The summed E-state index contributed by atoms with van der Waals surface area (Å²) in [6.07, 6.45) is 0. The Morgan fingerprint density at radius 2 is 1.76 bits per heavy atom. The van der Waals surface area contributed by atoms with E-state index in [9.17, 15) is 5.11 Å². The average molecular weight is 236 g/mol. The first-order valence-electron chi connectivity index (χ1n) is 6.07. The third-order valence-corrected chi connectivity index (χ3v) is 2.84. The van der Waals surface area contributed by atoms with Crippen molar-refractivity contribution in [3.8, 4) is 5.75 Å². The zero-order valence-electron chi connectivity index (χ0n) is 11.5. The Balaban J connectivity index is 2.58. The number of rotatable bonds is 5. The highest BCUT2D eigenvalue weighted by Gasteiger charge is 2.06. The van der Waals surface area contributed by atoms with E-state index >= 15 is 0 Å². The topological polar surface area (TPSA) is 35.5 Å². The van der Waals surface area contributed by atoms with E-state index in [1.54, 1.807) is 0 Å². The van der Waals surface area contributed by atoms with Crippen molar-refractivity contribution in [3.05, 3.63) is 28.8 Å². The summed E-state index contributed by atoms with van der Waals surface area (Å²) >= 11 is 0. The van der Waals surface area contributed by atoms with Gasteiger partial charge < -0.3 is 15.3 Å². The standard InChI is InChI=1S/C14H24N2O/c1-10-6-13(7-11(2)14(10)17)8-15-12(3)9-16(4)5/h6-7,12,15,17H,8-9H2,1-5H3. The molecule has 1 aromatic carbocycles. The van der Waals surface area contributed by atoms with Gasteiger partial charge in [0.2, 0.25) is 0 Å². The van der Waals surface area contributed by atoms with Crippen molar-refractivity contribution in [2.24, 2.45) is 0 Å². The highest BCUT2D eigenvalue weighted by Crippen LogP contribution is 2.22. The summed E-state index contributed by atoms with van der Waals surface area (Å²) < 4.78 is 0. The van der Waals surface area contributed by atoms with Crippen LogP contribution in [-0.4, -0.2) is 36.7 Å². The minimum atomic E-state index is 0.412. The average Bonchev–Trinajstić information content (AvgIpc) is 2.22. The molecule has 17 heavy (non-hydrogen) atoms. The number of aryl methyl sites for hydroxylation is 2. The van der Waals surface area contributed by atoms with Crippen molar-refractivity contribution in [1.82, 2.24) is 10.2 Å². The van der Waals surface area contributed by atoms with E-state index in [-0.39, 0.29) is 0 Å². The van der Waals surface area contributed by atoms with Crippen LogP contribution in [0.25, 0.3) is 0 Å². The van der Waals surface area contributed by atoms with Crippen LogP contribution in [-0.2, 0) is 6.54 Å². The molecule has 1 atom stereocenters. The quantitative estimate of drug-likeness (QED) is 0.821. The van der Waals surface area contributed by atoms with Gasteiger partial charge in [0, 0.05) is 19.1 Å². The van der Waals surface area contributed by atoms with E-state index < -0.39 is 0 Å². The third-order valence-electron chi connectivity index (χ3n) is 2.84. The van der Waals surface area contributed by atoms with Gasteiger partial charge in [0.25, 0.3) is 0 Å². The lowest BCUT2D eigenvalue weighted by molar-refractivity contribution is 0.349. The SMILES string of the molecule is Cc1cc(CNC(C)CN(C)C)cc(C)c1O. The van der Waals surface area contributed by atoms with Crippen LogP contribution in [0.2, 0.25) is 0 Å². The number of likely N-dealkylation sites (N-methyl/N-ethyl adjacent to an activating group) is 1. The molecule has 3 heteroatoms. The van der Waals surface area contributed by atoms with Crippen LogP contribution >= 0.6 is 0 Å². The van der Waals surface area contributed by atoms with E-state index in [4.69, 9.17) is 0 Å². The first-order chi connectivity index (χ1) is 7.90. The van der Waals surface area contributed by atoms with Gasteiger partial charge in [0.1, 0.15) is 5.75 Å². The molecular weight excluding hydrogens is 212 g/mol. The van der Waals surface area contributed by atoms with E-state index in [1.807, 2.05) is 26.0 Å². The van der Waals surface area contributed by atoms with Crippen molar-refractivity contribution >= 4 is 0 Å². The lowest BCUT2D eigenvalue weighted by Gasteiger charge is -2.18. The molecule has 0 aliphatic carbocycles. The normalized spacial score (nSPS) is 13.1. The fraction of sp³-hybridized carbons (Fsp3) is 0.571. The first-order valence-corrected chi connectivity index (χ1v) is 6.07. The van der Waals surface area contributed by atoms with Gasteiger partial charge in [-0.15, -0.1) is 0 Å². The fourth-order valence-electron chi connectivity index (χ4n) is 2.05. The van der Waals surface area contributed by atoms with Gasteiger partial charge in [-0.3, -0.25) is 0 Å². The van der Waals surface area contributed by atoms with E-state index in [0.29, 0.717) is 11.8 Å². The van der Waals surface area contributed by atoms with Gasteiger partial charge in [-0.25, -0.2) is 0 Å². The summed E-state index contributed by atoms with van der Waals surface area (Å²) in [7, 11) is 4.15. The molecule has 96 valence electrons. The monoisotopic (exact) mass is 236 g/mol. The molecule has 0 saturated heterocycles. The summed E-state index contributed by atoms with van der Waals surface area (Å²) in [5, 5.41) is 13.2. The molecule has 0 amide bonds. The lowest BCUT2D eigenvalue weighted by Crippen LogP contribution is -2.35. The van der Waals surface area contributed by atoms with E-state index in [1.165, 1.54) is 5.56 Å². The Hall–Kier alpha value is -1.06. The summed E-state index contributed by atoms with van der Waals surface area (Å²) in [6, 6.07) is 4.54. The third kappa shape index (κ3) is 4.36. The maximum absolute atomic E-state index is 9.70. The smallest absolute Gasteiger partial charge is 0.121 e. The van der Waals surface area contributed by atoms with Crippen LogP contribution in [0.15, 0.2) is 12.1 Å². The molecule has 1 unspecified atom stereocenters. The largest absolute Gasteiger partial charge is 0.507 e. The predicted octanol–water partition coefficient (Wildman–Crippen LogP) is 2.05. The van der Waals surface area contributed by atoms with Crippen molar-refractivity contribution in [3.63, 3.8) is 0 Å². The Labute approximate surface area is 104 Å². The van der Waals surface area contributed by atoms with Crippen LogP contribution in [0.4, 0.5) is 0 Å². The summed E-state index contributed by atoms with van der Waals surface area (Å²) in [5.41, 5.74) is 3.12. The molecule has 0 bridgehead atoms. The van der Waals surface area contributed by atoms with Gasteiger partial charge in [0.15, 0.2) is 0 Å². The molecule has 0 fully saturated rings. The van der Waals surface area contributed by atoms with E-state index in [2.05, 4.69) is 31.2 Å². The zero-order chi connectivity index (χ0) is 13.0. The number of aromatic hydroxyl groups is 1. The van der Waals surface area contributed by atoms with Crippen LogP contribution in [0.5, 0.6) is 5.75 Å². The maximum atomic E-state index is 9.70. The minimum Gasteiger partial charge on any atom is -0.507 e. The van der Waals surface area contributed by atoms with Crippen molar-refractivity contribution in [2.45, 2.75) is 33.4 Å². The minimum absolute atomic E-state index is 0.412. The number of nitrogens with one attached hydrogen (secondary N) is 1. The number of nitrogens with zero attached hydrogens (tertiary/aromatic N) is 1. The molecule has 0 spiro atoms. The second kappa shape index (κ2) is 6.03. The molecule has 0 saturated carbocycles. The van der Waals surface area contributed by atoms with Crippen molar-refractivity contribution in [2.75, 3.05) is 20.6 Å². The second-order valence-electron chi connectivity index (χ2n) is 5.12. The molecule has 3 nitrogen and oxygen atoms in total. The Bertz CT molecular complexity index is 351. The van der Waals surface area contributed by atoms with Gasteiger partial charge in [-0.2, -0.15) is 0 Å². The Kier molecular flexibility index (Phi) is 4.97. The van der Waals surface area contributed by atoms with Gasteiger partial charge in [-0.05, 0) is 51.6 Å². The van der Waals surface area contributed by atoms with Gasteiger partial charge >= 0.3 is 0 Å². The van der Waals surface area contributed by atoms with Crippen LogP contribution in [0.3, 0.4) is 0 Å². The number of hydrogen-bond donors (Lipinski definition) is 2. The molecule has 0 heterocycles. The molecule has 0 aliphatic rings. The molecule has 0 radical (unpaired) electrons. The second-order valence-corrected chi connectivity index (χ2v) is 5.12. The molecule has 0 aliphatic heterocycles. The molecule has 1 rings (SSSR count). The highest BCUT2D eigenvalue weighted by molar-refractivity contribution is 5.42. The first kappa shape index (κ1) is 14.0. The number of benzene rings is 1. The predicted molar refractivity (Wildman–Crippen MR) is 72.4 cm³/mol. The fourth-order valence-corrected chi connectivity index (χ4v) is 2.05. The molecular formula is C14H24N2O. The van der Waals surface area contributed by atoms with Crippen LogP contribution < -0.4 is 5.32 Å². The molecule has 2 N–H and O–H groups in total. The summed E-state index contributed by atoms with van der Waals surface area (Å²) in [5.74, 6) is 0.412. The van der Waals surface area contributed by atoms with Crippen LogP contribution in [0, 0.1) is 13.8 Å². The summed E-state index contributed by atoms with van der Waals surface area (Å²) in [6.45, 7) is 7.93.